The number of halogens is 1. The van der Waals surface area contributed by atoms with Gasteiger partial charge in [0.05, 0.1) is 24.7 Å². The van der Waals surface area contributed by atoms with Crippen molar-refractivity contribution < 1.29 is 28.2 Å². The van der Waals surface area contributed by atoms with Gasteiger partial charge in [-0.1, -0.05) is 12.1 Å². The molecule has 0 fully saturated rings. The summed E-state index contributed by atoms with van der Waals surface area (Å²) in [7, 11) is 0. The highest BCUT2D eigenvalue weighted by Gasteiger charge is 2.38. The molecule has 1 aliphatic rings. The van der Waals surface area contributed by atoms with E-state index in [2.05, 4.69) is 0 Å². The van der Waals surface area contributed by atoms with Crippen LogP contribution in [0.25, 0.3) is 0 Å². The van der Waals surface area contributed by atoms with Gasteiger partial charge >= 0.3 is 11.9 Å². The van der Waals surface area contributed by atoms with Crippen molar-refractivity contribution in [3.05, 3.63) is 58.4 Å². The summed E-state index contributed by atoms with van der Waals surface area (Å²) >= 11 is 0. The Balaban J connectivity index is 2.62. The van der Waals surface area contributed by atoms with E-state index in [1.54, 1.807) is 13.8 Å². The molecule has 1 atom stereocenters. The zero-order valence-corrected chi connectivity index (χ0v) is 15.0. The summed E-state index contributed by atoms with van der Waals surface area (Å²) < 4.78 is 28.7. The molecule has 0 radical (unpaired) electrons. The number of nitriles is 1. The van der Waals surface area contributed by atoms with Crippen LogP contribution in [0.15, 0.2) is 47.1 Å². The van der Waals surface area contributed by atoms with Gasteiger partial charge in [0.2, 0.25) is 5.88 Å². The first-order valence-electron chi connectivity index (χ1n) is 8.31. The molecule has 1 aromatic rings. The number of hydrogen-bond donors (Lipinski definition) is 1. The molecular formula is C19H19FN2O5. The molecule has 0 aliphatic carbocycles. The van der Waals surface area contributed by atoms with Crippen LogP contribution in [-0.4, -0.2) is 25.2 Å². The first kappa shape index (κ1) is 20.0. The molecule has 142 valence electrons. The highest BCUT2D eigenvalue weighted by atomic mass is 19.1. The minimum atomic E-state index is -0.951. The zero-order valence-electron chi connectivity index (χ0n) is 15.0. The van der Waals surface area contributed by atoms with Crippen LogP contribution in [0.5, 0.6) is 0 Å². The molecular weight excluding hydrogens is 355 g/mol. The van der Waals surface area contributed by atoms with Crippen molar-refractivity contribution >= 4 is 11.9 Å². The van der Waals surface area contributed by atoms with E-state index in [0.717, 1.165) is 0 Å². The summed E-state index contributed by atoms with van der Waals surface area (Å²) in [5, 5.41) is 9.52. The third-order valence-corrected chi connectivity index (χ3v) is 3.81. The van der Waals surface area contributed by atoms with Crippen molar-refractivity contribution in [2.24, 2.45) is 5.73 Å². The van der Waals surface area contributed by atoms with Gasteiger partial charge in [0.15, 0.2) is 0 Å². The zero-order chi connectivity index (χ0) is 20.0. The van der Waals surface area contributed by atoms with Crippen LogP contribution in [0.4, 0.5) is 4.39 Å². The van der Waals surface area contributed by atoms with Gasteiger partial charge in [0.25, 0.3) is 0 Å². The Labute approximate surface area is 155 Å². The number of esters is 2. The monoisotopic (exact) mass is 374 g/mol. The summed E-state index contributed by atoms with van der Waals surface area (Å²) in [6.45, 7) is 3.49. The molecule has 1 unspecified atom stereocenters. The molecule has 8 heteroatoms. The van der Waals surface area contributed by atoms with Gasteiger partial charge in [-0.2, -0.15) is 5.26 Å². The van der Waals surface area contributed by atoms with Crippen LogP contribution in [0, 0.1) is 17.1 Å². The van der Waals surface area contributed by atoms with Crippen LogP contribution in [0.2, 0.25) is 0 Å². The fourth-order valence-electron chi connectivity index (χ4n) is 2.71. The molecule has 1 aliphatic heterocycles. The van der Waals surface area contributed by atoms with E-state index >= 15 is 0 Å². The van der Waals surface area contributed by atoms with Gasteiger partial charge in [0.1, 0.15) is 29.6 Å². The van der Waals surface area contributed by atoms with E-state index in [-0.39, 0.29) is 42.4 Å². The lowest BCUT2D eigenvalue weighted by molar-refractivity contribution is -0.143. The molecule has 0 amide bonds. The van der Waals surface area contributed by atoms with E-state index in [1.165, 1.54) is 24.3 Å². The number of carbonyl (C=O) groups is 2. The maximum absolute atomic E-state index is 13.3. The number of benzene rings is 1. The number of rotatable bonds is 6. The minimum absolute atomic E-state index is 0.0303. The largest absolute Gasteiger partial charge is 0.466 e. The Kier molecular flexibility index (Phi) is 6.55. The van der Waals surface area contributed by atoms with Crippen molar-refractivity contribution in [2.75, 3.05) is 13.2 Å². The van der Waals surface area contributed by atoms with Crippen LogP contribution in [0.3, 0.4) is 0 Å². The third kappa shape index (κ3) is 4.44. The van der Waals surface area contributed by atoms with Crippen LogP contribution in [-0.2, 0) is 23.8 Å². The Morgan fingerprint density at radius 1 is 1.22 bits per heavy atom. The number of nitrogens with zero attached hydrogens (tertiary/aromatic N) is 1. The van der Waals surface area contributed by atoms with Crippen LogP contribution in [0.1, 0.15) is 31.7 Å². The highest BCUT2D eigenvalue weighted by molar-refractivity contribution is 5.93. The number of ether oxygens (including phenoxy) is 3. The third-order valence-electron chi connectivity index (χ3n) is 3.81. The predicted molar refractivity (Wildman–Crippen MR) is 92.0 cm³/mol. The van der Waals surface area contributed by atoms with Crippen molar-refractivity contribution in [1.82, 2.24) is 0 Å². The second-order valence-electron chi connectivity index (χ2n) is 5.52. The first-order valence-corrected chi connectivity index (χ1v) is 8.31. The normalized spacial score (nSPS) is 16.4. The Morgan fingerprint density at radius 3 is 2.41 bits per heavy atom. The lowest BCUT2D eigenvalue weighted by atomic mass is 9.82. The molecule has 0 spiro atoms. The molecule has 7 nitrogen and oxygen atoms in total. The Bertz CT molecular complexity index is 837. The Morgan fingerprint density at radius 2 is 1.85 bits per heavy atom. The van der Waals surface area contributed by atoms with Gasteiger partial charge in [-0.3, -0.25) is 4.79 Å². The van der Waals surface area contributed by atoms with E-state index in [0.29, 0.717) is 5.56 Å². The van der Waals surface area contributed by atoms with Crippen molar-refractivity contribution in [2.45, 2.75) is 26.2 Å². The number of nitrogens with two attached hydrogens (primary N) is 1. The summed E-state index contributed by atoms with van der Waals surface area (Å²) in [6, 6.07) is 7.17. The second-order valence-corrected chi connectivity index (χ2v) is 5.52. The molecule has 27 heavy (non-hydrogen) atoms. The lowest BCUT2D eigenvalue weighted by Crippen LogP contribution is -2.27. The smallest absolute Gasteiger partial charge is 0.338 e. The lowest BCUT2D eigenvalue weighted by Gasteiger charge is -2.27. The average molecular weight is 374 g/mol. The molecule has 0 saturated heterocycles. The summed E-state index contributed by atoms with van der Waals surface area (Å²) in [6.07, 6.45) is -0.362. The molecule has 0 aromatic heterocycles. The number of allylic oxidation sites excluding steroid dienone is 1. The van der Waals surface area contributed by atoms with E-state index < -0.39 is 23.7 Å². The quantitative estimate of drug-likeness (QED) is 0.761. The van der Waals surface area contributed by atoms with E-state index in [9.17, 15) is 19.2 Å². The number of carbonyl (C=O) groups excluding carboxylic acids is 2. The van der Waals surface area contributed by atoms with Crippen molar-refractivity contribution in [1.29, 1.82) is 5.26 Å². The van der Waals surface area contributed by atoms with Gasteiger partial charge < -0.3 is 19.9 Å². The molecule has 1 aromatic carbocycles. The van der Waals surface area contributed by atoms with Crippen molar-refractivity contribution in [3.8, 4) is 6.07 Å². The van der Waals surface area contributed by atoms with Gasteiger partial charge in [-0.05, 0) is 31.5 Å². The standard InChI is InChI=1S/C19H19FN2O5/c1-3-25-15(23)9-14-17(19(24)26-4-2)16(13(10-21)18(22)27-14)11-5-7-12(20)8-6-11/h5-8,16H,3-4,9,22H2,1-2H3. The van der Waals surface area contributed by atoms with Crippen molar-refractivity contribution in [3.63, 3.8) is 0 Å². The fraction of sp³-hybridized carbons (Fsp3) is 0.316. The SMILES string of the molecule is CCOC(=O)CC1=C(C(=O)OCC)C(c2ccc(F)cc2)C(C#N)=C(N)O1. The summed E-state index contributed by atoms with van der Waals surface area (Å²) in [5.41, 5.74) is 6.21. The summed E-state index contributed by atoms with van der Waals surface area (Å²) in [5.74, 6) is -3.11. The van der Waals surface area contributed by atoms with E-state index in [4.69, 9.17) is 19.9 Å². The maximum Gasteiger partial charge on any atom is 0.338 e. The molecule has 0 bridgehead atoms. The fourth-order valence-corrected chi connectivity index (χ4v) is 2.71. The topological polar surface area (TPSA) is 112 Å². The van der Waals surface area contributed by atoms with Gasteiger partial charge in [0, 0.05) is 0 Å². The average Bonchev–Trinajstić information content (AvgIpc) is 2.62. The Hall–Kier alpha value is -3.34. The highest BCUT2D eigenvalue weighted by Crippen LogP contribution is 2.40. The number of hydrogen-bond acceptors (Lipinski definition) is 7. The molecule has 2 N–H and O–H groups in total. The van der Waals surface area contributed by atoms with Gasteiger partial charge in [-0.25, -0.2) is 9.18 Å². The predicted octanol–water partition coefficient (Wildman–Crippen LogP) is 2.40. The van der Waals surface area contributed by atoms with Gasteiger partial charge in [-0.15, -0.1) is 0 Å². The van der Waals surface area contributed by atoms with E-state index in [1.807, 2.05) is 6.07 Å². The van der Waals surface area contributed by atoms with Crippen LogP contribution < -0.4 is 5.73 Å². The first-order chi connectivity index (χ1) is 12.9. The molecule has 1 heterocycles. The maximum atomic E-state index is 13.3. The summed E-state index contributed by atoms with van der Waals surface area (Å²) in [4.78, 5) is 24.5. The van der Waals surface area contributed by atoms with Crippen LogP contribution >= 0.6 is 0 Å². The minimum Gasteiger partial charge on any atom is -0.466 e. The second kappa shape index (κ2) is 8.85. The molecule has 0 saturated carbocycles. The molecule has 2 rings (SSSR count).